The van der Waals surface area contributed by atoms with Crippen molar-refractivity contribution in [2.75, 3.05) is 11.4 Å². The van der Waals surface area contributed by atoms with Gasteiger partial charge in [-0.3, -0.25) is 4.79 Å². The van der Waals surface area contributed by atoms with Crippen LogP contribution in [0.5, 0.6) is 0 Å². The Morgan fingerprint density at radius 1 is 1.29 bits per heavy atom. The number of hydrogen-bond donors (Lipinski definition) is 0. The summed E-state index contributed by atoms with van der Waals surface area (Å²) < 4.78 is 5.77. The number of para-hydroxylation sites is 1. The van der Waals surface area contributed by atoms with E-state index in [1.165, 1.54) is 6.42 Å². The van der Waals surface area contributed by atoms with E-state index < -0.39 is 0 Å². The highest BCUT2D eigenvalue weighted by Crippen LogP contribution is 2.47. The summed E-state index contributed by atoms with van der Waals surface area (Å²) in [6.45, 7) is 4.78. The van der Waals surface area contributed by atoms with Crippen LogP contribution in [0.25, 0.3) is 0 Å². The summed E-state index contributed by atoms with van der Waals surface area (Å²) in [5.41, 5.74) is 2.10. The summed E-state index contributed by atoms with van der Waals surface area (Å²) in [7, 11) is 0. The molecule has 24 heavy (non-hydrogen) atoms. The maximum Gasteiger partial charge on any atom is 0.279 e. The first kappa shape index (κ1) is 14.9. The molecule has 0 unspecified atom stereocenters. The third kappa shape index (κ3) is 2.46. The lowest BCUT2D eigenvalue weighted by Gasteiger charge is -2.12. The number of benzene rings is 1. The van der Waals surface area contributed by atoms with Gasteiger partial charge in [0.2, 0.25) is 0 Å². The van der Waals surface area contributed by atoms with Crippen molar-refractivity contribution < 1.29 is 9.21 Å². The first-order valence-electron chi connectivity index (χ1n) is 8.31. The van der Waals surface area contributed by atoms with Crippen molar-refractivity contribution in [3.8, 4) is 0 Å². The van der Waals surface area contributed by atoms with Crippen LogP contribution in [0.4, 0.5) is 5.69 Å². The minimum atomic E-state index is -0.109. The van der Waals surface area contributed by atoms with Gasteiger partial charge < -0.3 is 9.32 Å². The highest BCUT2D eigenvalue weighted by atomic mass is 16.3. The second-order valence-corrected chi connectivity index (χ2v) is 6.32. The van der Waals surface area contributed by atoms with Gasteiger partial charge in [0.05, 0.1) is 11.9 Å². The molecule has 4 rings (SSSR count). The van der Waals surface area contributed by atoms with Gasteiger partial charge in [-0.2, -0.15) is 5.10 Å². The average molecular weight is 321 g/mol. The van der Waals surface area contributed by atoms with Crippen molar-refractivity contribution in [2.24, 2.45) is 16.1 Å². The number of furan rings is 1. The van der Waals surface area contributed by atoms with E-state index in [2.05, 4.69) is 17.1 Å². The number of rotatable bonds is 4. The topological polar surface area (TPSA) is 58.2 Å². The number of carbonyl (C=O) groups excluding carboxylic acids is 1. The standard InChI is InChI=1S/C19H19N3O2/c1-3-22-16-7-5-4-6-14(16)18(19(22)23)21-20-11-13-8-9-17(24-13)15-10-12(15)2/h4-9,11-12,15H,3,10H2,1-2H3/b20-11-,21-18-/t12-,15-/m0/s1. The van der Waals surface area contributed by atoms with Crippen LogP contribution >= 0.6 is 0 Å². The Morgan fingerprint density at radius 3 is 2.83 bits per heavy atom. The van der Waals surface area contributed by atoms with Crippen LogP contribution in [-0.2, 0) is 4.79 Å². The zero-order valence-corrected chi connectivity index (χ0v) is 13.8. The van der Waals surface area contributed by atoms with E-state index in [4.69, 9.17) is 4.42 Å². The fourth-order valence-electron chi connectivity index (χ4n) is 3.17. The largest absolute Gasteiger partial charge is 0.460 e. The second kappa shape index (κ2) is 5.74. The van der Waals surface area contributed by atoms with Gasteiger partial charge in [-0.15, -0.1) is 5.10 Å². The van der Waals surface area contributed by atoms with Gasteiger partial charge in [-0.1, -0.05) is 25.1 Å². The number of amides is 1. The second-order valence-electron chi connectivity index (χ2n) is 6.32. The third-order valence-electron chi connectivity index (χ3n) is 4.68. The molecule has 2 aliphatic rings. The van der Waals surface area contributed by atoms with Crippen molar-refractivity contribution >= 4 is 23.5 Å². The molecule has 1 fully saturated rings. The van der Waals surface area contributed by atoms with Crippen molar-refractivity contribution in [1.29, 1.82) is 0 Å². The van der Waals surface area contributed by atoms with E-state index >= 15 is 0 Å². The first-order valence-corrected chi connectivity index (χ1v) is 8.31. The molecule has 2 aromatic rings. The minimum absolute atomic E-state index is 0.109. The van der Waals surface area contributed by atoms with Gasteiger partial charge in [0.25, 0.3) is 5.91 Å². The molecular weight excluding hydrogens is 302 g/mol. The molecule has 5 nitrogen and oxygen atoms in total. The minimum Gasteiger partial charge on any atom is -0.460 e. The van der Waals surface area contributed by atoms with Gasteiger partial charge in [-0.25, -0.2) is 0 Å². The Labute approximate surface area is 140 Å². The maximum absolute atomic E-state index is 12.5. The lowest BCUT2D eigenvalue weighted by Crippen LogP contribution is -2.29. The number of anilines is 1. The average Bonchev–Trinajstić information content (AvgIpc) is 3.04. The van der Waals surface area contributed by atoms with Crippen LogP contribution in [0.2, 0.25) is 0 Å². The number of nitrogens with zero attached hydrogens (tertiary/aromatic N) is 3. The lowest BCUT2D eigenvalue weighted by atomic mass is 10.1. The third-order valence-corrected chi connectivity index (χ3v) is 4.68. The Balaban J connectivity index is 1.57. The summed E-state index contributed by atoms with van der Waals surface area (Å²) >= 11 is 0. The zero-order chi connectivity index (χ0) is 16.7. The smallest absolute Gasteiger partial charge is 0.279 e. The molecule has 1 aliphatic carbocycles. The Bertz CT molecular complexity index is 850. The van der Waals surface area contributed by atoms with Crippen LogP contribution < -0.4 is 4.90 Å². The van der Waals surface area contributed by atoms with Gasteiger partial charge >= 0.3 is 0 Å². The lowest BCUT2D eigenvalue weighted by molar-refractivity contribution is -0.112. The molecule has 0 N–H and O–H groups in total. The van der Waals surface area contributed by atoms with Crippen molar-refractivity contribution in [2.45, 2.75) is 26.2 Å². The highest BCUT2D eigenvalue weighted by Gasteiger charge is 2.36. The summed E-state index contributed by atoms with van der Waals surface area (Å²) in [5, 5.41) is 8.23. The van der Waals surface area contributed by atoms with E-state index in [-0.39, 0.29) is 5.91 Å². The van der Waals surface area contributed by atoms with Gasteiger partial charge in [0.1, 0.15) is 11.5 Å². The van der Waals surface area contributed by atoms with Crippen LogP contribution in [0.3, 0.4) is 0 Å². The van der Waals surface area contributed by atoms with Crippen molar-refractivity contribution in [3.63, 3.8) is 0 Å². The number of likely N-dealkylation sites (N-methyl/N-ethyl adjacent to an activating group) is 1. The molecule has 1 saturated carbocycles. The molecule has 0 spiro atoms. The van der Waals surface area contributed by atoms with Gasteiger partial charge in [0.15, 0.2) is 5.71 Å². The number of fused-ring (bicyclic) bond motifs is 1. The normalized spacial score (nSPS) is 24.2. The molecule has 0 radical (unpaired) electrons. The molecule has 0 saturated heterocycles. The Hall–Kier alpha value is -2.69. The summed E-state index contributed by atoms with van der Waals surface area (Å²) in [4.78, 5) is 14.2. The molecule has 5 heteroatoms. The molecule has 1 aromatic carbocycles. The summed E-state index contributed by atoms with van der Waals surface area (Å²) in [6, 6.07) is 11.5. The Kier molecular flexibility index (Phi) is 3.56. The molecular formula is C19H19N3O2. The molecule has 1 aromatic heterocycles. The molecule has 1 amide bonds. The zero-order valence-electron chi connectivity index (χ0n) is 13.8. The van der Waals surface area contributed by atoms with Gasteiger partial charge in [0, 0.05) is 18.0 Å². The van der Waals surface area contributed by atoms with Crippen LogP contribution in [0, 0.1) is 5.92 Å². The Morgan fingerprint density at radius 2 is 2.08 bits per heavy atom. The fraction of sp³-hybridized carbons (Fsp3) is 0.316. The molecule has 2 heterocycles. The molecule has 2 atom stereocenters. The van der Waals surface area contributed by atoms with Crippen LogP contribution in [0.1, 0.15) is 43.3 Å². The number of hydrogen-bond acceptors (Lipinski definition) is 4. The summed E-state index contributed by atoms with van der Waals surface area (Å²) in [6.07, 6.45) is 2.75. The quantitative estimate of drug-likeness (QED) is 0.638. The van der Waals surface area contributed by atoms with Crippen molar-refractivity contribution in [1.82, 2.24) is 0 Å². The van der Waals surface area contributed by atoms with E-state index in [9.17, 15) is 4.79 Å². The maximum atomic E-state index is 12.5. The van der Waals surface area contributed by atoms with Gasteiger partial charge in [-0.05, 0) is 37.5 Å². The van der Waals surface area contributed by atoms with E-state index in [1.807, 2.05) is 43.3 Å². The van der Waals surface area contributed by atoms with E-state index in [0.29, 0.717) is 29.9 Å². The molecule has 1 aliphatic heterocycles. The molecule has 0 bridgehead atoms. The van der Waals surface area contributed by atoms with E-state index in [1.54, 1.807) is 11.1 Å². The van der Waals surface area contributed by atoms with Crippen LogP contribution in [0.15, 0.2) is 51.0 Å². The monoisotopic (exact) mass is 321 g/mol. The predicted octanol–water partition coefficient (Wildman–Crippen LogP) is 3.59. The van der Waals surface area contributed by atoms with E-state index in [0.717, 1.165) is 17.0 Å². The van der Waals surface area contributed by atoms with Crippen LogP contribution in [-0.4, -0.2) is 24.4 Å². The fourth-order valence-corrected chi connectivity index (χ4v) is 3.17. The first-order chi connectivity index (χ1) is 11.7. The predicted molar refractivity (Wildman–Crippen MR) is 93.8 cm³/mol. The number of carbonyl (C=O) groups is 1. The molecule has 122 valence electrons. The highest BCUT2D eigenvalue weighted by molar-refractivity contribution is 6.54. The summed E-state index contributed by atoms with van der Waals surface area (Å²) in [5.74, 6) is 2.81. The van der Waals surface area contributed by atoms with Crippen molar-refractivity contribution in [3.05, 3.63) is 53.5 Å². The SMILES string of the molecule is CCN1C(=O)/C(=N\N=C/c2ccc([C@H]3C[C@@H]3C)o2)c2ccccc21.